The number of carbonyl (C=O) groups excluding carboxylic acids is 1. The number of nitrogens with zero attached hydrogens (tertiary/aromatic N) is 1. The highest BCUT2D eigenvalue weighted by Gasteiger charge is 2.23. The molecule has 6 nitrogen and oxygen atoms in total. The van der Waals surface area contributed by atoms with Crippen LogP contribution in [0.1, 0.15) is 5.56 Å². The minimum atomic E-state index is -3.89. The summed E-state index contributed by atoms with van der Waals surface area (Å²) in [4.78, 5) is 10.9. The van der Waals surface area contributed by atoms with Crippen molar-refractivity contribution in [3.8, 4) is 0 Å². The summed E-state index contributed by atoms with van der Waals surface area (Å²) in [6.07, 6.45) is 2.54. The highest BCUT2D eigenvalue weighted by Crippen LogP contribution is 2.25. The van der Waals surface area contributed by atoms with Gasteiger partial charge in [-0.25, -0.2) is 5.48 Å². The second-order valence-electron chi connectivity index (χ2n) is 4.43. The molecule has 0 heterocycles. The van der Waals surface area contributed by atoms with Gasteiger partial charge >= 0.3 is 0 Å². The lowest BCUT2D eigenvalue weighted by Gasteiger charge is -2.16. The first-order chi connectivity index (χ1) is 10.9. The molecule has 0 spiro atoms. The summed E-state index contributed by atoms with van der Waals surface area (Å²) < 4.78 is 25.5. The monoisotopic (exact) mass is 352 g/mol. The quantitative estimate of drug-likeness (QED) is 0.375. The van der Waals surface area contributed by atoms with E-state index in [1.165, 1.54) is 35.8 Å². The van der Waals surface area contributed by atoms with Crippen LogP contribution in [0.2, 0.25) is 0 Å². The molecule has 2 rings (SSSR count). The molecule has 0 fully saturated rings. The number of sulfonamides is 1. The van der Waals surface area contributed by atoms with E-state index in [1.54, 1.807) is 30.3 Å². The Morgan fingerprint density at radius 1 is 1.09 bits per heavy atom. The van der Waals surface area contributed by atoms with Gasteiger partial charge in [0, 0.05) is 17.9 Å². The molecular weight excluding hydrogens is 340 g/mol. The Morgan fingerprint density at radius 3 is 2.26 bits per heavy atom. The first-order valence-electron chi connectivity index (χ1n) is 6.43. The van der Waals surface area contributed by atoms with Gasteiger partial charge in [-0.15, -0.1) is 0 Å². The minimum absolute atomic E-state index is 0.0140. The first-order valence-corrected chi connectivity index (χ1v) is 8.21. The van der Waals surface area contributed by atoms with Crippen molar-refractivity contribution in [1.29, 1.82) is 0 Å². The number of hydroxylamine groups is 1. The van der Waals surface area contributed by atoms with Crippen LogP contribution in [0.4, 0.5) is 5.69 Å². The Balaban J connectivity index is 2.24. The summed E-state index contributed by atoms with van der Waals surface area (Å²) in [5, 5.41) is 8.38. The van der Waals surface area contributed by atoms with Crippen molar-refractivity contribution in [2.45, 2.75) is 4.90 Å². The number of hydrogen-bond acceptors (Lipinski definition) is 4. The third-order valence-corrected chi connectivity index (χ3v) is 5.13. The zero-order valence-electron chi connectivity index (χ0n) is 11.8. The largest absolute Gasteiger partial charge is 0.288 e. The van der Waals surface area contributed by atoms with Crippen LogP contribution in [0.25, 0.3) is 6.08 Å². The number of anilines is 1. The fourth-order valence-electron chi connectivity index (χ4n) is 1.74. The molecule has 0 radical (unpaired) electrons. The summed E-state index contributed by atoms with van der Waals surface area (Å²) in [6.45, 7) is 0. The summed E-state index contributed by atoms with van der Waals surface area (Å²) >= 11 is 5.94. The Kier molecular flexibility index (Phi) is 5.38. The van der Waals surface area contributed by atoms with Crippen LogP contribution in [-0.4, -0.2) is 19.5 Å². The molecule has 120 valence electrons. The number of rotatable bonds is 5. The van der Waals surface area contributed by atoms with Crippen LogP contribution in [0.3, 0.4) is 0 Å². The van der Waals surface area contributed by atoms with Crippen LogP contribution in [-0.2, 0) is 14.8 Å². The van der Waals surface area contributed by atoms with Crippen molar-refractivity contribution >= 4 is 39.5 Å². The number of halogens is 1. The van der Waals surface area contributed by atoms with Crippen molar-refractivity contribution in [1.82, 2.24) is 5.48 Å². The van der Waals surface area contributed by atoms with Crippen molar-refractivity contribution in [2.24, 2.45) is 0 Å². The normalized spacial score (nSPS) is 11.4. The highest BCUT2D eigenvalue weighted by atomic mass is 35.5. The standard InChI is InChI=1S/C15H13ClN2O4S/c16-18(13-4-2-1-3-5-13)23(21,22)14-9-6-12(7-10-14)8-11-15(19)17-20/h1-11,20H,(H,17,19). The van der Waals surface area contributed by atoms with E-state index in [1.807, 2.05) is 0 Å². The maximum absolute atomic E-state index is 12.4. The maximum Gasteiger partial charge on any atom is 0.278 e. The van der Waals surface area contributed by atoms with Crippen LogP contribution >= 0.6 is 11.8 Å². The molecule has 0 aliphatic heterocycles. The van der Waals surface area contributed by atoms with Crippen molar-refractivity contribution < 1.29 is 18.4 Å². The molecule has 0 atom stereocenters. The number of hydrogen-bond donors (Lipinski definition) is 2. The van der Waals surface area contributed by atoms with Gasteiger partial charge in [-0.05, 0) is 35.9 Å². The molecule has 0 aromatic heterocycles. The SMILES string of the molecule is O=C(C=Cc1ccc(S(=O)(=O)N(Cl)c2ccccc2)cc1)NO. The number of carbonyl (C=O) groups is 1. The Hall–Kier alpha value is -2.35. The number of benzene rings is 2. The van der Waals surface area contributed by atoms with Crippen molar-refractivity contribution in [3.63, 3.8) is 0 Å². The van der Waals surface area contributed by atoms with Gasteiger partial charge < -0.3 is 0 Å². The van der Waals surface area contributed by atoms with E-state index in [0.29, 0.717) is 15.1 Å². The molecule has 0 aliphatic carbocycles. The fourth-order valence-corrected chi connectivity index (χ4v) is 3.15. The lowest BCUT2D eigenvalue weighted by atomic mass is 10.2. The van der Waals surface area contributed by atoms with E-state index in [0.717, 1.165) is 6.08 Å². The third kappa shape index (κ3) is 4.10. The van der Waals surface area contributed by atoms with Crippen LogP contribution in [0, 0.1) is 0 Å². The molecule has 1 amide bonds. The number of para-hydroxylation sites is 1. The van der Waals surface area contributed by atoms with Crippen molar-refractivity contribution in [3.05, 3.63) is 66.2 Å². The number of nitrogens with one attached hydrogen (secondary N) is 1. The van der Waals surface area contributed by atoms with E-state index < -0.39 is 15.9 Å². The molecule has 2 aromatic rings. The Bertz CT molecular complexity index is 805. The van der Waals surface area contributed by atoms with Gasteiger partial charge in [0.05, 0.1) is 10.6 Å². The molecule has 0 aliphatic rings. The lowest BCUT2D eigenvalue weighted by molar-refractivity contribution is -0.124. The smallest absolute Gasteiger partial charge is 0.278 e. The molecule has 0 bridgehead atoms. The molecular formula is C15H13ClN2O4S. The molecule has 2 aromatic carbocycles. The van der Waals surface area contributed by atoms with Gasteiger partial charge in [-0.1, -0.05) is 30.3 Å². The molecule has 0 saturated carbocycles. The van der Waals surface area contributed by atoms with E-state index in [9.17, 15) is 13.2 Å². The van der Waals surface area contributed by atoms with Crippen LogP contribution in [0.15, 0.2) is 65.6 Å². The predicted molar refractivity (Wildman–Crippen MR) is 87.4 cm³/mol. The second kappa shape index (κ2) is 7.28. The van der Waals surface area contributed by atoms with Crippen LogP contribution < -0.4 is 9.30 Å². The minimum Gasteiger partial charge on any atom is -0.288 e. The fraction of sp³-hybridized carbons (Fsp3) is 0. The Morgan fingerprint density at radius 2 is 1.70 bits per heavy atom. The van der Waals surface area contributed by atoms with Gasteiger partial charge in [-0.3, -0.25) is 10.0 Å². The summed E-state index contributed by atoms with van der Waals surface area (Å²) in [7, 11) is -3.89. The Labute approximate surface area is 138 Å². The zero-order valence-corrected chi connectivity index (χ0v) is 13.3. The summed E-state index contributed by atoms with van der Waals surface area (Å²) in [5.41, 5.74) is 2.38. The van der Waals surface area contributed by atoms with E-state index in [4.69, 9.17) is 17.0 Å². The summed E-state index contributed by atoms with van der Waals surface area (Å²) in [5.74, 6) is -0.683. The van der Waals surface area contributed by atoms with Gasteiger partial charge in [0.25, 0.3) is 15.9 Å². The average Bonchev–Trinajstić information content (AvgIpc) is 2.60. The van der Waals surface area contributed by atoms with Gasteiger partial charge in [-0.2, -0.15) is 12.2 Å². The first kappa shape index (κ1) is 17.0. The average molecular weight is 353 g/mol. The second-order valence-corrected chi connectivity index (χ2v) is 6.76. The van der Waals surface area contributed by atoms with E-state index in [-0.39, 0.29) is 4.90 Å². The van der Waals surface area contributed by atoms with Gasteiger partial charge in [0.15, 0.2) is 0 Å². The maximum atomic E-state index is 12.4. The van der Waals surface area contributed by atoms with Gasteiger partial charge in [0.2, 0.25) is 0 Å². The highest BCUT2D eigenvalue weighted by molar-refractivity contribution is 7.94. The molecule has 8 heteroatoms. The molecule has 2 N–H and O–H groups in total. The zero-order chi connectivity index (χ0) is 16.9. The van der Waals surface area contributed by atoms with E-state index in [2.05, 4.69) is 0 Å². The molecule has 0 saturated heterocycles. The topological polar surface area (TPSA) is 86.7 Å². The van der Waals surface area contributed by atoms with Crippen molar-refractivity contribution in [2.75, 3.05) is 3.82 Å². The molecule has 0 unspecified atom stereocenters. The number of amides is 1. The lowest BCUT2D eigenvalue weighted by Crippen LogP contribution is -2.21. The third-order valence-electron chi connectivity index (χ3n) is 2.89. The molecule has 23 heavy (non-hydrogen) atoms. The van der Waals surface area contributed by atoms with E-state index >= 15 is 0 Å². The van der Waals surface area contributed by atoms with Crippen LogP contribution in [0.5, 0.6) is 0 Å². The summed E-state index contributed by atoms with van der Waals surface area (Å²) in [6, 6.07) is 14.1. The van der Waals surface area contributed by atoms with Gasteiger partial charge in [0.1, 0.15) is 0 Å². The predicted octanol–water partition coefficient (Wildman–Crippen LogP) is 2.55.